The summed E-state index contributed by atoms with van der Waals surface area (Å²) in [5.41, 5.74) is 0.631. The maximum Gasteiger partial charge on any atom is 0.227 e. The molecular formula is C10H16N2O2S. The van der Waals surface area contributed by atoms with Gasteiger partial charge in [0.1, 0.15) is 5.01 Å². The summed E-state index contributed by atoms with van der Waals surface area (Å²) in [5.74, 6) is -0.0109. The normalized spacial score (nSPS) is 12.5. The first-order chi connectivity index (χ1) is 7.15. The molecule has 2 N–H and O–H groups in total. The standard InChI is InChI=1S/C10H16N2O2S/c1-3-7(2)11-9(14)4-10-12-8(5-13)6-15-10/h6-7,13H,3-5H2,1-2H3,(H,11,14). The smallest absolute Gasteiger partial charge is 0.227 e. The van der Waals surface area contributed by atoms with Crippen LogP contribution in [0.5, 0.6) is 0 Å². The van der Waals surface area contributed by atoms with Crippen LogP contribution in [0.3, 0.4) is 0 Å². The lowest BCUT2D eigenvalue weighted by Gasteiger charge is -2.09. The zero-order chi connectivity index (χ0) is 11.3. The molecule has 1 rings (SSSR count). The predicted molar refractivity (Wildman–Crippen MR) is 59.6 cm³/mol. The van der Waals surface area contributed by atoms with Gasteiger partial charge in [-0.2, -0.15) is 0 Å². The zero-order valence-corrected chi connectivity index (χ0v) is 9.80. The van der Waals surface area contributed by atoms with E-state index in [1.165, 1.54) is 11.3 Å². The van der Waals surface area contributed by atoms with Crippen molar-refractivity contribution in [1.29, 1.82) is 0 Å². The van der Waals surface area contributed by atoms with Crippen LogP contribution >= 0.6 is 11.3 Å². The van der Waals surface area contributed by atoms with Crippen LogP contribution < -0.4 is 5.32 Å². The quantitative estimate of drug-likeness (QED) is 0.793. The molecule has 1 unspecified atom stereocenters. The van der Waals surface area contributed by atoms with E-state index in [4.69, 9.17) is 5.11 Å². The van der Waals surface area contributed by atoms with Crippen LogP contribution in [-0.2, 0) is 17.8 Å². The van der Waals surface area contributed by atoms with Gasteiger partial charge in [0.05, 0.1) is 18.7 Å². The van der Waals surface area contributed by atoms with E-state index in [-0.39, 0.29) is 18.6 Å². The lowest BCUT2D eigenvalue weighted by molar-refractivity contribution is -0.121. The third-order valence-corrected chi connectivity index (χ3v) is 2.99. The Labute approximate surface area is 93.4 Å². The fourth-order valence-electron chi connectivity index (χ4n) is 1.07. The number of rotatable bonds is 5. The highest BCUT2D eigenvalue weighted by Gasteiger charge is 2.09. The Morgan fingerprint density at radius 1 is 1.73 bits per heavy atom. The van der Waals surface area contributed by atoms with E-state index in [0.717, 1.165) is 11.4 Å². The summed E-state index contributed by atoms with van der Waals surface area (Å²) in [6.07, 6.45) is 1.22. The van der Waals surface area contributed by atoms with Gasteiger partial charge >= 0.3 is 0 Å². The van der Waals surface area contributed by atoms with Crippen LogP contribution in [0.4, 0.5) is 0 Å². The topological polar surface area (TPSA) is 62.2 Å². The lowest BCUT2D eigenvalue weighted by Crippen LogP contribution is -2.33. The molecule has 0 radical (unpaired) electrons. The molecule has 5 heteroatoms. The second kappa shape index (κ2) is 5.82. The van der Waals surface area contributed by atoms with Crippen LogP contribution in [0.2, 0.25) is 0 Å². The van der Waals surface area contributed by atoms with Crippen molar-refractivity contribution in [3.63, 3.8) is 0 Å². The van der Waals surface area contributed by atoms with Crippen LogP contribution in [0.15, 0.2) is 5.38 Å². The molecule has 0 aliphatic heterocycles. The molecule has 1 atom stereocenters. The van der Waals surface area contributed by atoms with Crippen molar-refractivity contribution in [3.8, 4) is 0 Å². The first kappa shape index (κ1) is 12.1. The molecule has 0 aliphatic carbocycles. The second-order valence-electron chi connectivity index (χ2n) is 3.44. The highest BCUT2D eigenvalue weighted by Crippen LogP contribution is 2.10. The Balaban J connectivity index is 2.44. The van der Waals surface area contributed by atoms with Gasteiger partial charge in [0.25, 0.3) is 0 Å². The second-order valence-corrected chi connectivity index (χ2v) is 4.39. The maximum absolute atomic E-state index is 11.5. The van der Waals surface area contributed by atoms with Gasteiger partial charge in [-0.3, -0.25) is 4.79 Å². The lowest BCUT2D eigenvalue weighted by atomic mass is 10.2. The number of amides is 1. The van der Waals surface area contributed by atoms with Crippen molar-refractivity contribution in [2.75, 3.05) is 0 Å². The number of aliphatic hydroxyl groups excluding tert-OH is 1. The molecule has 0 aromatic carbocycles. The SMILES string of the molecule is CCC(C)NC(=O)Cc1nc(CO)cs1. The van der Waals surface area contributed by atoms with Gasteiger partial charge in [-0.1, -0.05) is 6.92 Å². The van der Waals surface area contributed by atoms with Gasteiger partial charge in [0, 0.05) is 11.4 Å². The Morgan fingerprint density at radius 2 is 2.47 bits per heavy atom. The number of carbonyl (C=O) groups excluding carboxylic acids is 1. The van der Waals surface area contributed by atoms with Gasteiger partial charge in [-0.05, 0) is 13.3 Å². The predicted octanol–water partition coefficient (Wildman–Crippen LogP) is 1.09. The number of hydrogen-bond donors (Lipinski definition) is 2. The monoisotopic (exact) mass is 228 g/mol. The van der Waals surface area contributed by atoms with E-state index in [9.17, 15) is 4.79 Å². The van der Waals surface area contributed by atoms with Crippen molar-refractivity contribution in [2.24, 2.45) is 0 Å². The Morgan fingerprint density at radius 3 is 3.00 bits per heavy atom. The minimum Gasteiger partial charge on any atom is -0.390 e. The Kier molecular flexibility index (Phi) is 4.71. The molecule has 0 aliphatic rings. The number of aliphatic hydroxyl groups is 1. The number of nitrogens with one attached hydrogen (secondary N) is 1. The van der Waals surface area contributed by atoms with Crippen molar-refractivity contribution in [2.45, 2.75) is 39.3 Å². The van der Waals surface area contributed by atoms with E-state index in [1.54, 1.807) is 5.38 Å². The molecule has 1 amide bonds. The number of nitrogens with zero attached hydrogens (tertiary/aromatic N) is 1. The molecule has 84 valence electrons. The van der Waals surface area contributed by atoms with E-state index in [0.29, 0.717) is 12.1 Å². The van der Waals surface area contributed by atoms with Gasteiger partial charge in [-0.15, -0.1) is 11.3 Å². The molecule has 15 heavy (non-hydrogen) atoms. The Hall–Kier alpha value is -0.940. The number of carbonyl (C=O) groups is 1. The Bertz CT molecular complexity index is 325. The highest BCUT2D eigenvalue weighted by atomic mass is 32.1. The maximum atomic E-state index is 11.5. The summed E-state index contributed by atoms with van der Waals surface area (Å²) in [5, 5.41) is 14.2. The summed E-state index contributed by atoms with van der Waals surface area (Å²) >= 11 is 1.41. The fraction of sp³-hybridized carbons (Fsp3) is 0.600. The molecule has 0 saturated carbocycles. The van der Waals surface area contributed by atoms with E-state index in [1.807, 2.05) is 13.8 Å². The summed E-state index contributed by atoms with van der Waals surface area (Å²) in [7, 11) is 0. The fourth-order valence-corrected chi connectivity index (χ4v) is 1.85. The average Bonchev–Trinajstić information content (AvgIpc) is 2.65. The third kappa shape index (κ3) is 3.97. The molecule has 0 saturated heterocycles. The van der Waals surface area contributed by atoms with Gasteiger partial charge in [0.2, 0.25) is 5.91 Å². The van der Waals surface area contributed by atoms with Crippen LogP contribution in [0.25, 0.3) is 0 Å². The van der Waals surface area contributed by atoms with Crippen LogP contribution in [0, 0.1) is 0 Å². The summed E-state index contributed by atoms with van der Waals surface area (Å²) < 4.78 is 0. The summed E-state index contributed by atoms with van der Waals surface area (Å²) in [6.45, 7) is 3.93. The molecule has 4 nitrogen and oxygen atoms in total. The largest absolute Gasteiger partial charge is 0.390 e. The number of hydrogen-bond acceptors (Lipinski definition) is 4. The third-order valence-electron chi connectivity index (χ3n) is 2.09. The van der Waals surface area contributed by atoms with Crippen molar-refractivity contribution >= 4 is 17.2 Å². The molecular weight excluding hydrogens is 212 g/mol. The highest BCUT2D eigenvalue weighted by molar-refractivity contribution is 7.09. The summed E-state index contributed by atoms with van der Waals surface area (Å²) in [4.78, 5) is 15.6. The van der Waals surface area contributed by atoms with Crippen molar-refractivity contribution in [3.05, 3.63) is 16.1 Å². The van der Waals surface area contributed by atoms with E-state index in [2.05, 4.69) is 10.3 Å². The molecule has 1 heterocycles. The van der Waals surface area contributed by atoms with Gasteiger partial charge in [-0.25, -0.2) is 4.98 Å². The molecule has 0 spiro atoms. The van der Waals surface area contributed by atoms with E-state index < -0.39 is 0 Å². The first-order valence-corrected chi connectivity index (χ1v) is 5.87. The van der Waals surface area contributed by atoms with Crippen LogP contribution in [0.1, 0.15) is 31.0 Å². The van der Waals surface area contributed by atoms with Gasteiger partial charge < -0.3 is 10.4 Å². The molecule has 0 bridgehead atoms. The minimum absolute atomic E-state index is 0.0109. The van der Waals surface area contributed by atoms with E-state index >= 15 is 0 Å². The number of thiazole rings is 1. The van der Waals surface area contributed by atoms with Crippen molar-refractivity contribution in [1.82, 2.24) is 10.3 Å². The van der Waals surface area contributed by atoms with Gasteiger partial charge in [0.15, 0.2) is 0 Å². The van der Waals surface area contributed by atoms with Crippen molar-refractivity contribution < 1.29 is 9.90 Å². The zero-order valence-electron chi connectivity index (χ0n) is 8.99. The molecule has 1 aromatic rings. The van der Waals surface area contributed by atoms with Crippen LogP contribution in [-0.4, -0.2) is 22.0 Å². The molecule has 0 fully saturated rings. The average molecular weight is 228 g/mol. The number of aromatic nitrogens is 1. The summed E-state index contributed by atoms with van der Waals surface area (Å²) in [6, 6.07) is 0.203. The minimum atomic E-state index is -0.0660. The first-order valence-electron chi connectivity index (χ1n) is 4.99. The molecule has 1 aromatic heterocycles.